The Balaban J connectivity index is 2.84. The topological polar surface area (TPSA) is 87.0 Å². The summed E-state index contributed by atoms with van der Waals surface area (Å²) in [4.78, 5) is 10.7. The van der Waals surface area contributed by atoms with Gasteiger partial charge >= 0.3 is 5.97 Å². The number of hydrogen-bond acceptors (Lipinski definition) is 4. The zero-order chi connectivity index (χ0) is 11.4. The van der Waals surface area contributed by atoms with Crippen molar-refractivity contribution in [3.05, 3.63) is 23.8 Å². The molecular weight excluding hydrogens is 200 g/mol. The molecule has 0 aromatic heterocycles. The van der Waals surface area contributed by atoms with Crippen LogP contribution < -0.4 is 0 Å². The van der Waals surface area contributed by atoms with Crippen LogP contribution in [0.5, 0.6) is 11.5 Å². The number of hydrogen-bond donors (Lipinski definition) is 3. The first-order chi connectivity index (χ1) is 7.04. The molecular formula is C10H12O5. The van der Waals surface area contributed by atoms with Crippen molar-refractivity contribution in [3.63, 3.8) is 0 Å². The van der Waals surface area contributed by atoms with Gasteiger partial charge in [0.15, 0.2) is 6.10 Å². The van der Waals surface area contributed by atoms with Crippen LogP contribution >= 0.6 is 0 Å². The SMILES string of the molecule is COC(Cc1ccc(O)cc1O)C(=O)O. The van der Waals surface area contributed by atoms with Gasteiger partial charge in [-0.1, -0.05) is 6.07 Å². The van der Waals surface area contributed by atoms with Gasteiger partial charge in [-0.25, -0.2) is 4.79 Å². The van der Waals surface area contributed by atoms with E-state index in [9.17, 15) is 9.90 Å². The second-order valence-corrected chi connectivity index (χ2v) is 3.08. The van der Waals surface area contributed by atoms with E-state index in [-0.39, 0.29) is 17.9 Å². The van der Waals surface area contributed by atoms with Gasteiger partial charge in [0.25, 0.3) is 0 Å². The van der Waals surface area contributed by atoms with E-state index in [4.69, 9.17) is 14.9 Å². The molecule has 0 spiro atoms. The summed E-state index contributed by atoms with van der Waals surface area (Å²) in [7, 11) is 1.29. The highest BCUT2D eigenvalue weighted by molar-refractivity contribution is 5.72. The zero-order valence-corrected chi connectivity index (χ0v) is 8.17. The standard InChI is InChI=1S/C10H12O5/c1-15-9(10(13)14)4-6-2-3-7(11)5-8(6)12/h2-3,5,9,11-12H,4H2,1H3,(H,13,14). The van der Waals surface area contributed by atoms with Crippen LogP contribution in [0.1, 0.15) is 5.56 Å². The van der Waals surface area contributed by atoms with Crippen molar-refractivity contribution in [1.82, 2.24) is 0 Å². The van der Waals surface area contributed by atoms with Gasteiger partial charge in [0.2, 0.25) is 0 Å². The summed E-state index contributed by atoms with van der Waals surface area (Å²) in [5, 5.41) is 27.2. The summed E-state index contributed by atoms with van der Waals surface area (Å²) in [6.07, 6.45) is -0.946. The van der Waals surface area contributed by atoms with Crippen molar-refractivity contribution in [2.75, 3.05) is 7.11 Å². The number of carbonyl (C=O) groups is 1. The lowest BCUT2D eigenvalue weighted by atomic mass is 10.1. The average Bonchev–Trinajstić information content (AvgIpc) is 2.16. The molecule has 82 valence electrons. The Bertz CT molecular complexity index is 361. The fourth-order valence-electron chi connectivity index (χ4n) is 1.20. The summed E-state index contributed by atoms with van der Waals surface area (Å²) in [5.74, 6) is -1.30. The second-order valence-electron chi connectivity index (χ2n) is 3.08. The molecule has 0 saturated heterocycles. The molecule has 0 radical (unpaired) electrons. The summed E-state index contributed by atoms with van der Waals surface area (Å²) in [6.45, 7) is 0. The molecule has 0 aliphatic carbocycles. The lowest BCUT2D eigenvalue weighted by Crippen LogP contribution is -2.24. The monoisotopic (exact) mass is 212 g/mol. The van der Waals surface area contributed by atoms with Crippen molar-refractivity contribution in [2.24, 2.45) is 0 Å². The van der Waals surface area contributed by atoms with E-state index in [1.165, 1.54) is 19.2 Å². The van der Waals surface area contributed by atoms with Crippen LogP contribution in [-0.2, 0) is 16.0 Å². The zero-order valence-electron chi connectivity index (χ0n) is 8.17. The smallest absolute Gasteiger partial charge is 0.333 e. The summed E-state index contributed by atoms with van der Waals surface area (Å²) in [6, 6.07) is 3.99. The van der Waals surface area contributed by atoms with Crippen molar-refractivity contribution >= 4 is 5.97 Å². The quantitative estimate of drug-likeness (QED) is 0.685. The van der Waals surface area contributed by atoms with Gasteiger partial charge in [-0.2, -0.15) is 0 Å². The number of methoxy groups -OCH3 is 1. The second kappa shape index (κ2) is 4.65. The van der Waals surface area contributed by atoms with Gasteiger partial charge in [0.1, 0.15) is 11.5 Å². The summed E-state index contributed by atoms with van der Waals surface area (Å²) < 4.78 is 4.73. The third-order valence-corrected chi connectivity index (χ3v) is 2.03. The van der Waals surface area contributed by atoms with E-state index in [1.54, 1.807) is 0 Å². The molecule has 3 N–H and O–H groups in total. The van der Waals surface area contributed by atoms with E-state index in [1.807, 2.05) is 0 Å². The van der Waals surface area contributed by atoms with Gasteiger partial charge in [-0.05, 0) is 11.6 Å². The molecule has 1 unspecified atom stereocenters. The molecule has 0 amide bonds. The van der Waals surface area contributed by atoms with Crippen molar-refractivity contribution in [1.29, 1.82) is 0 Å². The number of benzene rings is 1. The molecule has 0 saturated carbocycles. The molecule has 1 rings (SSSR count). The van der Waals surface area contributed by atoms with Crippen LogP contribution in [0.2, 0.25) is 0 Å². The number of phenolic OH excluding ortho intramolecular Hbond substituents is 2. The van der Waals surface area contributed by atoms with Crippen LogP contribution in [0.15, 0.2) is 18.2 Å². The molecule has 5 heteroatoms. The third kappa shape index (κ3) is 2.85. The Labute approximate surface area is 86.5 Å². The lowest BCUT2D eigenvalue weighted by Gasteiger charge is -2.11. The van der Waals surface area contributed by atoms with E-state index in [0.717, 1.165) is 6.07 Å². The van der Waals surface area contributed by atoms with Gasteiger partial charge in [-0.15, -0.1) is 0 Å². The third-order valence-electron chi connectivity index (χ3n) is 2.03. The fraction of sp³-hybridized carbons (Fsp3) is 0.300. The Kier molecular flexibility index (Phi) is 3.51. The maximum atomic E-state index is 10.7. The predicted molar refractivity (Wildman–Crippen MR) is 51.9 cm³/mol. The minimum atomic E-state index is -1.09. The fourth-order valence-corrected chi connectivity index (χ4v) is 1.20. The molecule has 0 heterocycles. The lowest BCUT2D eigenvalue weighted by molar-refractivity contribution is -0.148. The number of ether oxygens (including phenoxy) is 1. The number of aromatic hydroxyl groups is 2. The first-order valence-corrected chi connectivity index (χ1v) is 4.31. The van der Waals surface area contributed by atoms with Crippen molar-refractivity contribution in [3.8, 4) is 11.5 Å². The summed E-state index contributed by atoms with van der Waals surface area (Å²) >= 11 is 0. The van der Waals surface area contributed by atoms with E-state index in [2.05, 4.69) is 0 Å². The molecule has 1 aromatic carbocycles. The van der Waals surface area contributed by atoms with Crippen molar-refractivity contribution in [2.45, 2.75) is 12.5 Å². The molecule has 0 fully saturated rings. The molecule has 1 aromatic rings. The van der Waals surface area contributed by atoms with Gasteiger partial charge in [0, 0.05) is 19.6 Å². The number of carboxylic acid groups (broad SMARTS) is 1. The molecule has 0 aliphatic heterocycles. The van der Waals surface area contributed by atoms with Crippen LogP contribution in [0, 0.1) is 0 Å². The van der Waals surface area contributed by atoms with Crippen molar-refractivity contribution < 1.29 is 24.9 Å². The van der Waals surface area contributed by atoms with Crippen LogP contribution in [0.3, 0.4) is 0 Å². The number of aliphatic carboxylic acids is 1. The average molecular weight is 212 g/mol. The molecule has 5 nitrogen and oxygen atoms in total. The van der Waals surface area contributed by atoms with Gasteiger partial charge in [-0.3, -0.25) is 0 Å². The highest BCUT2D eigenvalue weighted by atomic mass is 16.5. The first kappa shape index (κ1) is 11.3. The first-order valence-electron chi connectivity index (χ1n) is 4.31. The maximum absolute atomic E-state index is 10.7. The van der Waals surface area contributed by atoms with Gasteiger partial charge in [0.05, 0.1) is 0 Å². The minimum absolute atomic E-state index is 0.0535. The Morgan fingerprint density at radius 3 is 2.60 bits per heavy atom. The maximum Gasteiger partial charge on any atom is 0.333 e. The molecule has 0 bridgehead atoms. The highest BCUT2D eigenvalue weighted by Gasteiger charge is 2.18. The molecule has 0 aliphatic rings. The number of carboxylic acids is 1. The largest absolute Gasteiger partial charge is 0.508 e. The molecule has 15 heavy (non-hydrogen) atoms. The van der Waals surface area contributed by atoms with Gasteiger partial charge < -0.3 is 20.1 Å². The Morgan fingerprint density at radius 1 is 1.47 bits per heavy atom. The number of phenols is 2. The predicted octanol–water partition coefficient (Wildman–Crippen LogP) is 0.740. The van der Waals surface area contributed by atoms with Crippen LogP contribution in [0.4, 0.5) is 0 Å². The van der Waals surface area contributed by atoms with E-state index >= 15 is 0 Å². The minimum Gasteiger partial charge on any atom is -0.508 e. The van der Waals surface area contributed by atoms with Crippen LogP contribution in [-0.4, -0.2) is 34.5 Å². The highest BCUT2D eigenvalue weighted by Crippen LogP contribution is 2.24. The Hall–Kier alpha value is -1.75. The van der Waals surface area contributed by atoms with E-state index < -0.39 is 12.1 Å². The number of rotatable bonds is 4. The Morgan fingerprint density at radius 2 is 2.13 bits per heavy atom. The van der Waals surface area contributed by atoms with Crippen LogP contribution in [0.25, 0.3) is 0 Å². The molecule has 1 atom stereocenters. The summed E-state index contributed by atoms with van der Waals surface area (Å²) in [5.41, 5.74) is 0.419. The normalized spacial score (nSPS) is 12.3. The van der Waals surface area contributed by atoms with E-state index in [0.29, 0.717) is 5.56 Å².